The van der Waals surface area contributed by atoms with Gasteiger partial charge in [-0.3, -0.25) is 14.5 Å². The summed E-state index contributed by atoms with van der Waals surface area (Å²) in [5.41, 5.74) is 1.12. The van der Waals surface area contributed by atoms with E-state index in [2.05, 4.69) is 15.4 Å². The van der Waals surface area contributed by atoms with Crippen LogP contribution in [0.5, 0.6) is 0 Å². The van der Waals surface area contributed by atoms with Gasteiger partial charge >= 0.3 is 5.97 Å². The molecule has 1 amide bonds. The van der Waals surface area contributed by atoms with Crippen molar-refractivity contribution < 1.29 is 14.7 Å². The predicted octanol–water partition coefficient (Wildman–Crippen LogP) is 2.22. The highest BCUT2D eigenvalue weighted by Gasteiger charge is 2.29. The highest BCUT2D eigenvalue weighted by atomic mass is 35.5. The third kappa shape index (κ3) is 4.72. The summed E-state index contributed by atoms with van der Waals surface area (Å²) in [6, 6.07) is 4.43. The van der Waals surface area contributed by atoms with Crippen molar-refractivity contribution in [2.75, 3.05) is 18.4 Å². The Morgan fingerprint density at radius 2 is 2.15 bits per heavy atom. The number of halogens is 2. The van der Waals surface area contributed by atoms with Crippen molar-refractivity contribution in [1.29, 1.82) is 0 Å². The van der Waals surface area contributed by atoms with Crippen molar-refractivity contribution >= 4 is 41.6 Å². The van der Waals surface area contributed by atoms with Gasteiger partial charge in [0, 0.05) is 5.02 Å². The van der Waals surface area contributed by atoms with Crippen LogP contribution in [0.15, 0.2) is 30.9 Å². The van der Waals surface area contributed by atoms with Gasteiger partial charge in [-0.1, -0.05) is 18.0 Å². The first-order valence-electron chi connectivity index (χ1n) is 7.96. The topological polar surface area (TPSA) is 100 Å². The lowest BCUT2D eigenvalue weighted by atomic mass is 10.0. The van der Waals surface area contributed by atoms with Gasteiger partial charge in [0.25, 0.3) is 0 Å². The number of carboxylic acids is 1. The number of aromatic nitrogens is 3. The average molecular weight is 400 g/mol. The van der Waals surface area contributed by atoms with Gasteiger partial charge in [-0.2, -0.15) is 5.10 Å². The first-order chi connectivity index (χ1) is 12.0. The largest absolute Gasteiger partial charge is 0.480 e. The maximum atomic E-state index is 12.4. The molecule has 1 fully saturated rings. The molecule has 1 unspecified atom stereocenters. The summed E-state index contributed by atoms with van der Waals surface area (Å²) in [7, 11) is 0. The Labute approximate surface area is 161 Å². The van der Waals surface area contributed by atoms with Gasteiger partial charge in [0.2, 0.25) is 5.91 Å². The second kappa shape index (κ2) is 8.98. The van der Waals surface area contributed by atoms with Crippen LogP contribution < -0.4 is 5.32 Å². The normalized spacial score (nSPS) is 17.3. The Balaban J connectivity index is 0.00000243. The molecule has 2 heterocycles. The Bertz CT molecular complexity index is 769. The number of hydrogen-bond acceptors (Lipinski definition) is 5. The quantitative estimate of drug-likeness (QED) is 0.799. The van der Waals surface area contributed by atoms with Gasteiger partial charge in [0.15, 0.2) is 0 Å². The van der Waals surface area contributed by atoms with Gasteiger partial charge in [-0.05, 0) is 37.6 Å². The minimum absolute atomic E-state index is 0. The fourth-order valence-electron chi connectivity index (χ4n) is 2.97. The number of hydrogen-bond donors (Lipinski definition) is 2. The van der Waals surface area contributed by atoms with Gasteiger partial charge in [0.1, 0.15) is 18.7 Å². The molecule has 2 N–H and O–H groups in total. The molecular formula is C16H19Cl2N5O3. The first kappa shape index (κ1) is 20.2. The number of rotatable bonds is 5. The molecule has 0 spiro atoms. The lowest BCUT2D eigenvalue weighted by Crippen LogP contribution is -2.47. The molecule has 3 rings (SSSR count). The van der Waals surface area contributed by atoms with E-state index in [0.717, 1.165) is 12.8 Å². The van der Waals surface area contributed by atoms with E-state index >= 15 is 0 Å². The van der Waals surface area contributed by atoms with E-state index in [1.165, 1.54) is 17.3 Å². The molecule has 140 valence electrons. The zero-order valence-corrected chi connectivity index (χ0v) is 15.4. The Hall–Kier alpha value is -2.16. The minimum atomic E-state index is -0.890. The molecule has 0 aliphatic carbocycles. The number of aliphatic carboxylic acids is 1. The molecule has 1 atom stereocenters. The molecule has 1 aliphatic heterocycles. The molecule has 10 heteroatoms. The van der Waals surface area contributed by atoms with Gasteiger partial charge < -0.3 is 10.4 Å². The minimum Gasteiger partial charge on any atom is -0.480 e. The van der Waals surface area contributed by atoms with E-state index in [-0.39, 0.29) is 24.9 Å². The summed E-state index contributed by atoms with van der Waals surface area (Å²) < 4.78 is 1.52. The number of likely N-dealkylation sites (tertiary alicyclic amines) is 1. The molecule has 1 saturated heterocycles. The molecule has 8 nitrogen and oxygen atoms in total. The molecule has 1 aromatic heterocycles. The number of carboxylic acid groups (broad SMARTS) is 1. The number of nitrogens with one attached hydrogen (secondary N) is 1. The second-order valence-electron chi connectivity index (χ2n) is 5.87. The van der Waals surface area contributed by atoms with Crippen LogP contribution in [0, 0.1) is 0 Å². The molecule has 26 heavy (non-hydrogen) atoms. The SMILES string of the molecule is Cl.O=C(CN1CCCCC1C(=O)O)Nc1cc(Cl)ccc1-n1cncn1. The number of piperidine rings is 1. The fraction of sp³-hybridized carbons (Fsp3) is 0.375. The van der Waals surface area contributed by atoms with Crippen LogP contribution in [-0.2, 0) is 9.59 Å². The molecule has 0 bridgehead atoms. The highest BCUT2D eigenvalue weighted by molar-refractivity contribution is 6.31. The van der Waals surface area contributed by atoms with Crippen LogP contribution >= 0.6 is 24.0 Å². The molecule has 2 aromatic rings. The first-order valence-corrected chi connectivity index (χ1v) is 8.33. The lowest BCUT2D eigenvalue weighted by molar-refractivity contribution is -0.145. The number of amides is 1. The zero-order chi connectivity index (χ0) is 17.8. The number of benzene rings is 1. The Morgan fingerprint density at radius 3 is 2.85 bits per heavy atom. The predicted molar refractivity (Wildman–Crippen MR) is 99.1 cm³/mol. The molecule has 1 aromatic carbocycles. The van der Waals surface area contributed by atoms with E-state index in [1.54, 1.807) is 23.1 Å². The van der Waals surface area contributed by atoms with Crippen molar-refractivity contribution in [2.45, 2.75) is 25.3 Å². The maximum absolute atomic E-state index is 12.4. The van der Waals surface area contributed by atoms with E-state index < -0.39 is 12.0 Å². The van der Waals surface area contributed by atoms with E-state index in [9.17, 15) is 14.7 Å². The van der Waals surface area contributed by atoms with Crippen molar-refractivity contribution in [3.05, 3.63) is 35.9 Å². The molecule has 0 saturated carbocycles. The number of carbonyl (C=O) groups excluding carboxylic acids is 1. The van der Waals surface area contributed by atoms with Crippen LogP contribution in [0.4, 0.5) is 5.69 Å². The second-order valence-corrected chi connectivity index (χ2v) is 6.31. The molecular weight excluding hydrogens is 381 g/mol. The number of anilines is 1. The van der Waals surface area contributed by atoms with E-state index in [4.69, 9.17) is 11.6 Å². The van der Waals surface area contributed by atoms with Gasteiger partial charge in [-0.25, -0.2) is 9.67 Å². The molecule has 1 aliphatic rings. The van der Waals surface area contributed by atoms with Crippen LogP contribution in [0.3, 0.4) is 0 Å². The van der Waals surface area contributed by atoms with Crippen LogP contribution in [-0.4, -0.2) is 55.8 Å². The number of nitrogens with zero attached hydrogens (tertiary/aromatic N) is 4. The summed E-state index contributed by atoms with van der Waals surface area (Å²) in [5.74, 6) is -1.18. The van der Waals surface area contributed by atoms with Crippen molar-refractivity contribution in [3.63, 3.8) is 0 Å². The van der Waals surface area contributed by atoms with Crippen LogP contribution in [0.25, 0.3) is 5.69 Å². The third-order valence-electron chi connectivity index (χ3n) is 4.14. The van der Waals surface area contributed by atoms with Crippen LogP contribution in [0.1, 0.15) is 19.3 Å². The van der Waals surface area contributed by atoms with Crippen molar-refractivity contribution in [3.8, 4) is 5.69 Å². The highest BCUT2D eigenvalue weighted by Crippen LogP contribution is 2.24. The average Bonchev–Trinajstić information content (AvgIpc) is 3.09. The standard InChI is InChI=1S/C16H18ClN5O3.ClH/c17-11-4-5-13(22-10-18-9-19-22)12(7-11)20-15(23)8-21-6-2-1-3-14(21)16(24)25;/h4-5,7,9-10,14H,1-3,6,8H2,(H,20,23)(H,24,25);1H. The van der Waals surface area contributed by atoms with Gasteiger partial charge in [-0.15, -0.1) is 12.4 Å². The summed E-state index contributed by atoms with van der Waals surface area (Å²) in [6.07, 6.45) is 5.22. The van der Waals surface area contributed by atoms with Crippen molar-refractivity contribution in [1.82, 2.24) is 19.7 Å². The van der Waals surface area contributed by atoms with E-state index in [0.29, 0.717) is 29.4 Å². The monoisotopic (exact) mass is 399 g/mol. The fourth-order valence-corrected chi connectivity index (χ4v) is 3.15. The van der Waals surface area contributed by atoms with Crippen LogP contribution in [0.2, 0.25) is 5.02 Å². The van der Waals surface area contributed by atoms with E-state index in [1.807, 2.05) is 0 Å². The van der Waals surface area contributed by atoms with Gasteiger partial charge in [0.05, 0.1) is 17.9 Å². The third-order valence-corrected chi connectivity index (χ3v) is 4.38. The lowest BCUT2D eigenvalue weighted by Gasteiger charge is -2.32. The summed E-state index contributed by atoms with van der Waals surface area (Å²) in [4.78, 5) is 29.4. The smallest absolute Gasteiger partial charge is 0.320 e. The summed E-state index contributed by atoms with van der Waals surface area (Å²) in [5, 5.41) is 16.6. The summed E-state index contributed by atoms with van der Waals surface area (Å²) in [6.45, 7) is 0.607. The Morgan fingerprint density at radius 1 is 1.35 bits per heavy atom. The number of carbonyl (C=O) groups is 2. The summed E-state index contributed by atoms with van der Waals surface area (Å²) >= 11 is 6.03. The maximum Gasteiger partial charge on any atom is 0.320 e. The van der Waals surface area contributed by atoms with Crippen molar-refractivity contribution in [2.24, 2.45) is 0 Å². The Kier molecular flexibility index (Phi) is 6.96. The zero-order valence-electron chi connectivity index (χ0n) is 13.8. The molecule has 0 radical (unpaired) electrons.